The summed E-state index contributed by atoms with van der Waals surface area (Å²) in [5.41, 5.74) is 1.57. The zero-order chi connectivity index (χ0) is 14.1. The molecule has 0 aliphatic carbocycles. The molecule has 0 amide bonds. The van der Waals surface area contributed by atoms with E-state index in [0.717, 1.165) is 27.8 Å². The highest BCUT2D eigenvalue weighted by Crippen LogP contribution is 2.34. The number of hydrogen-bond donors (Lipinski definition) is 1. The number of anilines is 1. The molecule has 20 heavy (non-hydrogen) atoms. The van der Waals surface area contributed by atoms with Crippen LogP contribution in [-0.4, -0.2) is 17.2 Å². The first kappa shape index (κ1) is 13.2. The summed E-state index contributed by atoms with van der Waals surface area (Å²) < 4.78 is 0. The second-order valence-corrected chi connectivity index (χ2v) is 5.16. The topological polar surface area (TPSA) is 37.8 Å². The second kappa shape index (κ2) is 5.27. The molecule has 0 atom stereocenters. The number of hydrogen-bond acceptors (Lipinski definition) is 3. The molecular weight excluding hydrogens is 293 g/mol. The molecule has 0 aliphatic heterocycles. The molecule has 0 saturated heterocycles. The monoisotopic (exact) mass is 303 g/mol. The maximum atomic E-state index is 6.27. The van der Waals surface area contributed by atoms with Crippen LogP contribution in [0.25, 0.3) is 22.0 Å². The third-order valence-corrected chi connectivity index (χ3v) is 3.66. The SMILES string of the molecule is CNc1nnc(-c2ccc(Cl)cc2Cl)c2ccccc12. The fourth-order valence-corrected chi connectivity index (χ4v) is 2.67. The molecule has 1 N–H and O–H groups in total. The fraction of sp³-hybridized carbons (Fsp3) is 0.0667. The van der Waals surface area contributed by atoms with Crippen molar-refractivity contribution in [2.75, 3.05) is 12.4 Å². The standard InChI is InChI=1S/C15H11Cl2N3/c1-18-15-11-5-3-2-4-10(11)14(19-20-15)12-7-6-9(16)8-13(12)17/h2-8H,1H3,(H,18,20). The van der Waals surface area contributed by atoms with E-state index in [1.165, 1.54) is 0 Å². The molecule has 0 radical (unpaired) electrons. The van der Waals surface area contributed by atoms with Crippen LogP contribution in [0, 0.1) is 0 Å². The molecule has 1 aromatic heterocycles. The van der Waals surface area contributed by atoms with Crippen LogP contribution in [0.4, 0.5) is 5.82 Å². The number of fused-ring (bicyclic) bond motifs is 1. The van der Waals surface area contributed by atoms with Gasteiger partial charge in [-0.15, -0.1) is 10.2 Å². The zero-order valence-electron chi connectivity index (χ0n) is 10.7. The third-order valence-electron chi connectivity index (χ3n) is 3.11. The third kappa shape index (κ3) is 2.19. The molecule has 0 spiro atoms. The van der Waals surface area contributed by atoms with Crippen molar-refractivity contribution in [3.63, 3.8) is 0 Å². The summed E-state index contributed by atoms with van der Waals surface area (Å²) in [4.78, 5) is 0. The smallest absolute Gasteiger partial charge is 0.156 e. The normalized spacial score (nSPS) is 10.8. The highest BCUT2D eigenvalue weighted by Gasteiger charge is 2.12. The average molecular weight is 304 g/mol. The van der Waals surface area contributed by atoms with Crippen molar-refractivity contribution in [2.45, 2.75) is 0 Å². The molecule has 1 heterocycles. The first-order chi connectivity index (χ1) is 9.70. The quantitative estimate of drug-likeness (QED) is 0.749. The van der Waals surface area contributed by atoms with Gasteiger partial charge in [0, 0.05) is 28.4 Å². The van der Waals surface area contributed by atoms with E-state index in [-0.39, 0.29) is 0 Å². The lowest BCUT2D eigenvalue weighted by atomic mass is 10.0. The minimum atomic E-state index is 0.564. The van der Waals surface area contributed by atoms with Gasteiger partial charge < -0.3 is 5.32 Å². The first-order valence-corrected chi connectivity index (χ1v) is 6.85. The maximum Gasteiger partial charge on any atom is 0.156 e. The Hall–Kier alpha value is -1.84. The number of halogens is 2. The van der Waals surface area contributed by atoms with Crippen LogP contribution in [-0.2, 0) is 0 Å². The number of rotatable bonds is 2. The van der Waals surface area contributed by atoms with Gasteiger partial charge in [-0.25, -0.2) is 0 Å². The van der Waals surface area contributed by atoms with Gasteiger partial charge in [-0.1, -0.05) is 47.5 Å². The van der Waals surface area contributed by atoms with E-state index in [4.69, 9.17) is 23.2 Å². The van der Waals surface area contributed by atoms with Gasteiger partial charge in [-0.05, 0) is 18.2 Å². The lowest BCUT2D eigenvalue weighted by molar-refractivity contribution is 1.06. The van der Waals surface area contributed by atoms with E-state index in [9.17, 15) is 0 Å². The molecular formula is C15H11Cl2N3. The lowest BCUT2D eigenvalue weighted by Gasteiger charge is -2.10. The summed E-state index contributed by atoms with van der Waals surface area (Å²) in [6.07, 6.45) is 0. The number of aromatic nitrogens is 2. The summed E-state index contributed by atoms with van der Waals surface area (Å²) in [7, 11) is 1.82. The van der Waals surface area contributed by atoms with Crippen LogP contribution in [0.1, 0.15) is 0 Å². The van der Waals surface area contributed by atoms with Crippen molar-refractivity contribution in [3.8, 4) is 11.3 Å². The Labute approximate surface area is 126 Å². The first-order valence-electron chi connectivity index (χ1n) is 6.09. The Balaban J connectivity index is 2.32. The van der Waals surface area contributed by atoms with Gasteiger partial charge >= 0.3 is 0 Å². The van der Waals surface area contributed by atoms with E-state index in [1.807, 2.05) is 37.4 Å². The zero-order valence-corrected chi connectivity index (χ0v) is 12.2. The predicted octanol–water partition coefficient (Wildman–Crippen LogP) is 4.65. The lowest BCUT2D eigenvalue weighted by Crippen LogP contribution is -1.98. The summed E-state index contributed by atoms with van der Waals surface area (Å²) in [5, 5.41) is 14.7. The van der Waals surface area contributed by atoms with Crippen LogP contribution in [0.3, 0.4) is 0 Å². The molecule has 3 aromatic rings. The van der Waals surface area contributed by atoms with Gasteiger partial charge in [0.15, 0.2) is 5.82 Å². The Bertz CT molecular complexity index is 787. The van der Waals surface area contributed by atoms with Gasteiger partial charge in [-0.3, -0.25) is 0 Å². The molecule has 100 valence electrons. The Morgan fingerprint density at radius 1 is 0.950 bits per heavy atom. The van der Waals surface area contributed by atoms with Crippen LogP contribution in [0.5, 0.6) is 0 Å². The molecule has 3 rings (SSSR count). The number of nitrogens with one attached hydrogen (secondary N) is 1. The minimum absolute atomic E-state index is 0.564. The summed E-state index contributed by atoms with van der Waals surface area (Å²) >= 11 is 12.2. The molecule has 5 heteroatoms. The molecule has 2 aromatic carbocycles. The van der Waals surface area contributed by atoms with Gasteiger partial charge in [0.2, 0.25) is 0 Å². The van der Waals surface area contributed by atoms with E-state index in [0.29, 0.717) is 10.0 Å². The second-order valence-electron chi connectivity index (χ2n) is 4.32. The van der Waals surface area contributed by atoms with Crippen molar-refractivity contribution < 1.29 is 0 Å². The average Bonchev–Trinajstić information content (AvgIpc) is 2.47. The van der Waals surface area contributed by atoms with Crippen molar-refractivity contribution in [3.05, 3.63) is 52.5 Å². The van der Waals surface area contributed by atoms with Crippen LogP contribution in [0.15, 0.2) is 42.5 Å². The molecule has 0 aliphatic rings. The van der Waals surface area contributed by atoms with Crippen molar-refractivity contribution >= 4 is 39.8 Å². The van der Waals surface area contributed by atoms with E-state index in [2.05, 4.69) is 15.5 Å². The maximum absolute atomic E-state index is 6.27. The van der Waals surface area contributed by atoms with Gasteiger partial charge in [0.1, 0.15) is 5.69 Å². The number of benzene rings is 2. The molecule has 0 bridgehead atoms. The molecule has 3 nitrogen and oxygen atoms in total. The van der Waals surface area contributed by atoms with Crippen LogP contribution >= 0.6 is 23.2 Å². The van der Waals surface area contributed by atoms with Gasteiger partial charge in [-0.2, -0.15) is 0 Å². The summed E-state index contributed by atoms with van der Waals surface area (Å²) in [5.74, 6) is 0.745. The minimum Gasteiger partial charge on any atom is -0.371 e. The van der Waals surface area contributed by atoms with Crippen molar-refractivity contribution in [1.29, 1.82) is 0 Å². The molecule has 0 unspecified atom stereocenters. The van der Waals surface area contributed by atoms with E-state index < -0.39 is 0 Å². The fourth-order valence-electron chi connectivity index (χ4n) is 2.17. The summed E-state index contributed by atoms with van der Waals surface area (Å²) in [6.45, 7) is 0. The highest BCUT2D eigenvalue weighted by molar-refractivity contribution is 6.36. The number of nitrogens with zero attached hydrogens (tertiary/aromatic N) is 2. The summed E-state index contributed by atoms with van der Waals surface area (Å²) in [6, 6.07) is 13.3. The van der Waals surface area contributed by atoms with Gasteiger partial charge in [0.25, 0.3) is 0 Å². The van der Waals surface area contributed by atoms with Crippen molar-refractivity contribution in [2.24, 2.45) is 0 Å². The van der Waals surface area contributed by atoms with Gasteiger partial charge in [0.05, 0.1) is 5.02 Å². The van der Waals surface area contributed by atoms with E-state index in [1.54, 1.807) is 12.1 Å². The Morgan fingerprint density at radius 3 is 2.40 bits per heavy atom. The largest absolute Gasteiger partial charge is 0.371 e. The van der Waals surface area contributed by atoms with Crippen molar-refractivity contribution in [1.82, 2.24) is 10.2 Å². The molecule has 0 saturated carbocycles. The predicted molar refractivity (Wildman–Crippen MR) is 84.5 cm³/mol. The Morgan fingerprint density at radius 2 is 1.70 bits per heavy atom. The molecule has 0 fully saturated rings. The van der Waals surface area contributed by atoms with Crippen LogP contribution < -0.4 is 5.32 Å². The highest BCUT2D eigenvalue weighted by atomic mass is 35.5. The Kier molecular flexibility index (Phi) is 3.47. The van der Waals surface area contributed by atoms with E-state index >= 15 is 0 Å². The van der Waals surface area contributed by atoms with Crippen LogP contribution in [0.2, 0.25) is 10.0 Å².